The summed E-state index contributed by atoms with van der Waals surface area (Å²) in [5.41, 5.74) is 4.90. The molecule has 0 aromatic heterocycles. The first-order valence-corrected chi connectivity index (χ1v) is 9.63. The van der Waals surface area contributed by atoms with Crippen molar-refractivity contribution in [3.05, 3.63) is 0 Å². The monoisotopic (exact) mass is 342 g/mol. The molecule has 0 saturated carbocycles. The summed E-state index contributed by atoms with van der Waals surface area (Å²) >= 11 is 0. The molecule has 1 amide bonds. The lowest BCUT2D eigenvalue weighted by Gasteiger charge is -2.24. The second-order valence-electron chi connectivity index (χ2n) is 4.91. The molecule has 21 heavy (non-hydrogen) atoms. The summed E-state index contributed by atoms with van der Waals surface area (Å²) in [6, 6.07) is -1.46. The highest BCUT2D eigenvalue weighted by Crippen LogP contribution is 2.19. The first kappa shape index (κ1) is 17.9. The Balaban J connectivity index is 2.73. The van der Waals surface area contributed by atoms with Gasteiger partial charge in [0.25, 0.3) is 0 Å². The molecule has 0 spiro atoms. The van der Waals surface area contributed by atoms with E-state index in [1.807, 2.05) is 4.72 Å². The molecule has 1 saturated heterocycles. The van der Waals surface area contributed by atoms with E-state index in [1.165, 1.54) is 0 Å². The minimum Gasteiger partial charge on any atom is -0.480 e. The number of aliphatic carboxylic acids is 1. The van der Waals surface area contributed by atoms with Crippen LogP contribution in [-0.2, 0) is 29.4 Å². The lowest BCUT2D eigenvalue weighted by molar-refractivity contribution is -0.139. The van der Waals surface area contributed by atoms with Crippen LogP contribution in [0.5, 0.6) is 0 Å². The smallest absolute Gasteiger partial charge is 0.321 e. The number of carbonyl (C=O) groups excluding carboxylic acids is 1. The van der Waals surface area contributed by atoms with Gasteiger partial charge in [-0.05, 0) is 19.3 Å². The molecule has 4 N–H and O–H groups in total. The van der Waals surface area contributed by atoms with E-state index in [-0.39, 0.29) is 37.2 Å². The Morgan fingerprint density at radius 1 is 1.29 bits per heavy atom. The minimum atomic E-state index is -3.97. The Bertz CT molecular complexity index is 597. The van der Waals surface area contributed by atoms with Gasteiger partial charge in [-0.25, -0.2) is 21.6 Å². The molecule has 0 aromatic carbocycles. The number of nitrogens with one attached hydrogen (secondary N) is 1. The zero-order valence-corrected chi connectivity index (χ0v) is 12.8. The summed E-state index contributed by atoms with van der Waals surface area (Å²) in [5.74, 6) is -2.62. The second kappa shape index (κ2) is 6.71. The highest BCUT2D eigenvalue weighted by molar-refractivity contribution is 7.92. The average Bonchev–Trinajstić information content (AvgIpc) is 2.33. The molecule has 1 aliphatic heterocycles. The Labute approximate surface area is 122 Å². The summed E-state index contributed by atoms with van der Waals surface area (Å²) in [4.78, 5) is 21.7. The quantitative estimate of drug-likeness (QED) is 0.492. The Morgan fingerprint density at radius 2 is 1.81 bits per heavy atom. The molecule has 0 radical (unpaired) electrons. The Morgan fingerprint density at radius 3 is 2.24 bits per heavy atom. The van der Waals surface area contributed by atoms with Crippen molar-refractivity contribution in [2.24, 2.45) is 5.73 Å². The summed E-state index contributed by atoms with van der Waals surface area (Å²) in [6.45, 7) is 0. The molecule has 9 nitrogen and oxygen atoms in total. The minimum absolute atomic E-state index is 0.0696. The molecule has 1 fully saturated rings. The van der Waals surface area contributed by atoms with Gasteiger partial charge in [0, 0.05) is 6.42 Å². The lowest BCUT2D eigenvalue weighted by Crippen LogP contribution is -2.47. The first-order valence-electron chi connectivity index (χ1n) is 6.26. The van der Waals surface area contributed by atoms with Crippen molar-refractivity contribution in [1.82, 2.24) is 4.72 Å². The third kappa shape index (κ3) is 5.59. The number of amides is 1. The SMILES string of the molecule is NC(=O)CC[C@H](NS(=O)(=O)C1CCS(=O)(=O)CC1)C(=O)O. The summed E-state index contributed by atoms with van der Waals surface area (Å²) < 4.78 is 48.7. The zero-order valence-electron chi connectivity index (χ0n) is 11.2. The number of carboxylic acids is 1. The molecule has 0 aromatic rings. The molecule has 1 aliphatic rings. The normalized spacial score (nSPS) is 20.8. The molecule has 0 unspecified atom stereocenters. The Hall–Kier alpha value is -1.20. The fourth-order valence-electron chi connectivity index (χ4n) is 1.99. The first-order chi connectivity index (χ1) is 9.53. The van der Waals surface area contributed by atoms with Gasteiger partial charge >= 0.3 is 5.97 Å². The molecule has 0 bridgehead atoms. The third-order valence-electron chi connectivity index (χ3n) is 3.22. The fourth-order valence-corrected chi connectivity index (χ4v) is 5.45. The summed E-state index contributed by atoms with van der Waals surface area (Å²) in [5, 5.41) is 8.01. The van der Waals surface area contributed by atoms with Gasteiger partial charge in [-0.1, -0.05) is 0 Å². The van der Waals surface area contributed by atoms with E-state index in [0.29, 0.717) is 0 Å². The lowest BCUT2D eigenvalue weighted by atomic mass is 10.2. The number of carbonyl (C=O) groups is 2. The standard InChI is InChI=1S/C10H18N2O7S2/c11-9(13)2-1-8(10(14)15)12-21(18,19)7-3-5-20(16,17)6-4-7/h7-8,12H,1-6H2,(H2,11,13)(H,14,15)/t8-/m0/s1. The van der Waals surface area contributed by atoms with Gasteiger partial charge in [-0.3, -0.25) is 9.59 Å². The molecule has 122 valence electrons. The van der Waals surface area contributed by atoms with Gasteiger partial charge in [0.2, 0.25) is 15.9 Å². The van der Waals surface area contributed by atoms with E-state index in [1.54, 1.807) is 0 Å². The van der Waals surface area contributed by atoms with Crippen molar-refractivity contribution in [2.45, 2.75) is 37.0 Å². The highest BCUT2D eigenvalue weighted by Gasteiger charge is 2.35. The number of nitrogens with two attached hydrogens (primary N) is 1. The zero-order chi connectivity index (χ0) is 16.3. The van der Waals surface area contributed by atoms with Crippen LogP contribution in [0, 0.1) is 0 Å². The van der Waals surface area contributed by atoms with Crippen molar-refractivity contribution in [1.29, 1.82) is 0 Å². The number of sulfonamides is 1. The van der Waals surface area contributed by atoms with Gasteiger partial charge in [-0.2, -0.15) is 0 Å². The molecule has 1 atom stereocenters. The van der Waals surface area contributed by atoms with E-state index in [4.69, 9.17) is 10.8 Å². The molecule has 1 rings (SSSR count). The predicted octanol–water partition coefficient (Wildman–Crippen LogP) is -1.80. The van der Waals surface area contributed by atoms with Gasteiger partial charge in [0.05, 0.1) is 16.8 Å². The van der Waals surface area contributed by atoms with E-state index in [0.717, 1.165) is 0 Å². The van der Waals surface area contributed by atoms with Crippen molar-refractivity contribution < 1.29 is 31.5 Å². The molecular formula is C10H18N2O7S2. The molecule has 11 heteroatoms. The number of hydrogen-bond donors (Lipinski definition) is 3. The maximum absolute atomic E-state index is 12.1. The molecular weight excluding hydrogens is 324 g/mol. The van der Waals surface area contributed by atoms with Crippen molar-refractivity contribution in [3.8, 4) is 0 Å². The van der Waals surface area contributed by atoms with Gasteiger partial charge < -0.3 is 10.8 Å². The Kier molecular flexibility index (Phi) is 5.70. The number of primary amides is 1. The van der Waals surface area contributed by atoms with Crippen molar-refractivity contribution >= 4 is 31.7 Å². The van der Waals surface area contributed by atoms with E-state index < -0.39 is 43.0 Å². The van der Waals surface area contributed by atoms with E-state index in [9.17, 15) is 26.4 Å². The second-order valence-corrected chi connectivity index (χ2v) is 9.21. The maximum atomic E-state index is 12.1. The summed E-state index contributed by atoms with van der Waals surface area (Å²) in [7, 11) is -7.18. The van der Waals surface area contributed by atoms with E-state index in [2.05, 4.69) is 0 Å². The van der Waals surface area contributed by atoms with Crippen LogP contribution in [0.3, 0.4) is 0 Å². The highest BCUT2D eigenvalue weighted by atomic mass is 32.2. The topological polar surface area (TPSA) is 161 Å². The number of sulfone groups is 1. The van der Waals surface area contributed by atoms with Crippen LogP contribution in [0.4, 0.5) is 0 Å². The largest absolute Gasteiger partial charge is 0.480 e. The average molecular weight is 342 g/mol. The van der Waals surface area contributed by atoms with Gasteiger partial charge in [0.15, 0.2) is 0 Å². The van der Waals surface area contributed by atoms with Gasteiger partial charge in [-0.15, -0.1) is 0 Å². The van der Waals surface area contributed by atoms with Crippen LogP contribution in [0.25, 0.3) is 0 Å². The number of hydrogen-bond acceptors (Lipinski definition) is 6. The number of carboxylic acid groups (broad SMARTS) is 1. The van der Waals surface area contributed by atoms with Crippen LogP contribution in [0.1, 0.15) is 25.7 Å². The van der Waals surface area contributed by atoms with Crippen molar-refractivity contribution in [2.75, 3.05) is 11.5 Å². The molecule has 0 aliphatic carbocycles. The van der Waals surface area contributed by atoms with Crippen LogP contribution in [0.15, 0.2) is 0 Å². The summed E-state index contributed by atoms with van der Waals surface area (Å²) in [6.07, 6.45) is -0.660. The number of rotatable bonds is 7. The third-order valence-corrected chi connectivity index (χ3v) is 6.90. The van der Waals surface area contributed by atoms with Crippen LogP contribution in [-0.4, -0.2) is 56.6 Å². The predicted molar refractivity (Wildman–Crippen MR) is 73.6 cm³/mol. The van der Waals surface area contributed by atoms with Gasteiger partial charge in [0.1, 0.15) is 15.9 Å². The van der Waals surface area contributed by atoms with E-state index >= 15 is 0 Å². The van der Waals surface area contributed by atoms with Crippen LogP contribution < -0.4 is 10.5 Å². The molecule has 1 heterocycles. The maximum Gasteiger partial charge on any atom is 0.321 e. The van der Waals surface area contributed by atoms with Crippen LogP contribution in [0.2, 0.25) is 0 Å². The van der Waals surface area contributed by atoms with Crippen molar-refractivity contribution in [3.63, 3.8) is 0 Å². The van der Waals surface area contributed by atoms with Crippen LogP contribution >= 0.6 is 0 Å². The fraction of sp³-hybridized carbons (Fsp3) is 0.800.